The molecule has 3 fully saturated rings. The van der Waals surface area contributed by atoms with Crippen LogP contribution in [0, 0.1) is 11.3 Å². The summed E-state index contributed by atoms with van der Waals surface area (Å²) in [7, 11) is 3.01. The van der Waals surface area contributed by atoms with Crippen LogP contribution < -0.4 is 25.4 Å². The summed E-state index contributed by atoms with van der Waals surface area (Å²) in [6.07, 6.45) is 3.29. The fourth-order valence-corrected chi connectivity index (χ4v) is 7.69. The number of rotatable bonds is 14. The number of likely N-dealkylation sites (tertiary alicyclic amines) is 1. The molecule has 2 saturated carbocycles. The van der Waals surface area contributed by atoms with Crippen LogP contribution in [0.4, 0.5) is 0 Å². The molecule has 290 valence electrons. The number of oxime groups is 1. The second-order valence-corrected chi connectivity index (χ2v) is 16.4. The van der Waals surface area contributed by atoms with Crippen LogP contribution in [-0.2, 0) is 28.8 Å². The van der Waals surface area contributed by atoms with Gasteiger partial charge in [0.15, 0.2) is 5.60 Å². The summed E-state index contributed by atoms with van der Waals surface area (Å²) in [6, 6.07) is 9.91. The van der Waals surface area contributed by atoms with Crippen molar-refractivity contribution in [3.63, 3.8) is 0 Å². The summed E-state index contributed by atoms with van der Waals surface area (Å²) in [4.78, 5) is 76.4. The van der Waals surface area contributed by atoms with Gasteiger partial charge in [0.1, 0.15) is 23.6 Å². The Kier molecular flexibility index (Phi) is 11.3. The molecule has 2 aliphatic heterocycles. The number of carbonyl (C=O) groups is 5. The Bertz CT molecular complexity index is 1830. The molecule has 13 nitrogen and oxygen atoms in total. The molecule has 54 heavy (non-hydrogen) atoms. The second kappa shape index (κ2) is 15.6. The summed E-state index contributed by atoms with van der Waals surface area (Å²) >= 11 is 6.49. The molecule has 2 heterocycles. The quantitative estimate of drug-likeness (QED) is 0.240. The van der Waals surface area contributed by atoms with E-state index in [1.807, 2.05) is 58.0 Å². The van der Waals surface area contributed by atoms with Gasteiger partial charge in [-0.3, -0.25) is 24.0 Å². The molecule has 6 atom stereocenters. The summed E-state index contributed by atoms with van der Waals surface area (Å²) in [5, 5.41) is 13.3. The molecule has 4 aliphatic rings. The first-order valence-electron chi connectivity index (χ1n) is 18.7. The van der Waals surface area contributed by atoms with Crippen molar-refractivity contribution in [1.29, 1.82) is 0 Å². The zero-order valence-corrected chi connectivity index (χ0v) is 32.5. The topological polar surface area (TPSA) is 165 Å². The highest BCUT2D eigenvalue weighted by Crippen LogP contribution is 2.48. The van der Waals surface area contributed by atoms with Gasteiger partial charge >= 0.3 is 0 Å². The van der Waals surface area contributed by atoms with E-state index in [1.165, 1.54) is 19.1 Å². The molecule has 0 aromatic heterocycles. The number of ether oxygens (including phenoxy) is 2. The molecule has 0 unspecified atom stereocenters. The SMILES string of the molecule is CCC[C@H](NC(=O)[C@@H]1C[C@]2(CC(c3cc(Cl)c(OC)cc3OC)=NO2)CN1C(=O)[C@@H](NC(=O)[C@@H]1C[C@H]1c1ccccc1)C(C)(C)C)C(=O)C(=O)NC1CC1. The van der Waals surface area contributed by atoms with Gasteiger partial charge in [-0.1, -0.05) is 81.2 Å². The molecule has 0 radical (unpaired) electrons. The van der Waals surface area contributed by atoms with Gasteiger partial charge in [0.05, 0.1) is 37.5 Å². The zero-order valence-electron chi connectivity index (χ0n) is 31.7. The van der Waals surface area contributed by atoms with Gasteiger partial charge in [-0.25, -0.2) is 0 Å². The largest absolute Gasteiger partial charge is 0.496 e. The molecule has 6 rings (SSSR count). The van der Waals surface area contributed by atoms with Crippen LogP contribution in [0.1, 0.15) is 89.7 Å². The van der Waals surface area contributed by atoms with E-state index >= 15 is 0 Å². The van der Waals surface area contributed by atoms with Gasteiger partial charge in [-0.2, -0.15) is 0 Å². The minimum Gasteiger partial charge on any atom is -0.496 e. The van der Waals surface area contributed by atoms with E-state index in [2.05, 4.69) is 21.1 Å². The van der Waals surface area contributed by atoms with E-state index in [1.54, 1.807) is 12.1 Å². The molecule has 3 N–H and O–H groups in total. The number of hydrogen-bond donors (Lipinski definition) is 3. The highest BCUT2D eigenvalue weighted by Gasteiger charge is 2.56. The van der Waals surface area contributed by atoms with Crippen LogP contribution in [0.15, 0.2) is 47.6 Å². The van der Waals surface area contributed by atoms with Gasteiger partial charge in [0.2, 0.25) is 23.5 Å². The van der Waals surface area contributed by atoms with E-state index < -0.39 is 52.6 Å². The van der Waals surface area contributed by atoms with Crippen molar-refractivity contribution < 1.29 is 38.3 Å². The number of ketones is 1. The second-order valence-electron chi connectivity index (χ2n) is 16.0. The van der Waals surface area contributed by atoms with Gasteiger partial charge in [0.25, 0.3) is 5.91 Å². The number of carbonyl (C=O) groups excluding carboxylic acids is 5. The number of nitrogens with one attached hydrogen (secondary N) is 3. The first-order chi connectivity index (χ1) is 25.7. The van der Waals surface area contributed by atoms with Crippen LogP contribution in [0.5, 0.6) is 11.5 Å². The van der Waals surface area contributed by atoms with Crippen LogP contribution in [0.3, 0.4) is 0 Å². The predicted octanol–water partition coefficient (Wildman–Crippen LogP) is 4.29. The fraction of sp³-hybridized carbons (Fsp3) is 0.550. The average Bonchev–Trinajstić information content (AvgIpc) is 4.07. The van der Waals surface area contributed by atoms with E-state index in [9.17, 15) is 24.0 Å². The summed E-state index contributed by atoms with van der Waals surface area (Å²) in [6.45, 7) is 7.41. The number of halogens is 1. The molecule has 1 saturated heterocycles. The van der Waals surface area contributed by atoms with E-state index in [0.717, 1.165) is 18.4 Å². The Morgan fingerprint density at radius 3 is 2.35 bits per heavy atom. The number of amides is 4. The lowest BCUT2D eigenvalue weighted by Crippen LogP contribution is -2.59. The average molecular weight is 764 g/mol. The maximum Gasteiger partial charge on any atom is 0.289 e. The first kappa shape index (κ1) is 39.1. The van der Waals surface area contributed by atoms with Gasteiger partial charge in [0, 0.05) is 36.4 Å². The third kappa shape index (κ3) is 8.35. The molecule has 2 aliphatic carbocycles. The van der Waals surface area contributed by atoms with Gasteiger partial charge in [-0.15, -0.1) is 0 Å². The van der Waals surface area contributed by atoms with Crippen molar-refractivity contribution in [1.82, 2.24) is 20.9 Å². The fourth-order valence-electron chi connectivity index (χ4n) is 7.44. The van der Waals surface area contributed by atoms with Crippen molar-refractivity contribution in [2.24, 2.45) is 16.5 Å². The minimum absolute atomic E-state index is 0.0293. The highest BCUT2D eigenvalue weighted by molar-refractivity contribution is 6.38. The minimum atomic E-state index is -1.13. The predicted molar refractivity (Wildman–Crippen MR) is 201 cm³/mol. The highest BCUT2D eigenvalue weighted by atomic mass is 35.5. The molecule has 0 bridgehead atoms. The number of methoxy groups -OCH3 is 2. The monoisotopic (exact) mass is 763 g/mol. The Balaban J connectivity index is 1.27. The zero-order chi connectivity index (χ0) is 38.9. The number of nitrogens with zero attached hydrogens (tertiary/aromatic N) is 2. The van der Waals surface area contributed by atoms with Crippen LogP contribution >= 0.6 is 11.6 Å². The van der Waals surface area contributed by atoms with Crippen molar-refractivity contribution in [3.8, 4) is 11.5 Å². The lowest BCUT2D eigenvalue weighted by molar-refractivity contribution is -0.145. The lowest BCUT2D eigenvalue weighted by atomic mass is 9.85. The maximum absolute atomic E-state index is 14.8. The molecule has 4 amide bonds. The number of hydrogen-bond acceptors (Lipinski definition) is 9. The first-order valence-corrected chi connectivity index (χ1v) is 19.0. The summed E-state index contributed by atoms with van der Waals surface area (Å²) in [5.74, 6) is -2.11. The van der Waals surface area contributed by atoms with Crippen molar-refractivity contribution in [2.45, 2.75) is 108 Å². The third-order valence-electron chi connectivity index (χ3n) is 10.7. The molecule has 2 aromatic carbocycles. The molecular weight excluding hydrogens is 714 g/mol. The standard InChI is InChI=1S/C40H50ClN5O8/c1-7-11-28(33(47)37(50)42-23-14-15-23)43-36(49)30-20-40(19-29(45-54-40)26-17-27(41)32(53-6)18-31(26)52-5)21-46(30)38(51)34(39(2,3)4)44-35(48)25-16-24(25)22-12-9-8-10-13-22/h8-10,12-13,17-18,23-25,28,30,34H,7,11,14-16,19-21H2,1-6H3,(H,42,50)(H,43,49)(H,44,48)/t24-,25+,28-,30-,34+,40+/m0/s1. The Morgan fingerprint density at radius 2 is 1.72 bits per heavy atom. The third-order valence-corrected chi connectivity index (χ3v) is 11.0. The summed E-state index contributed by atoms with van der Waals surface area (Å²) < 4.78 is 11.0. The Morgan fingerprint density at radius 1 is 1.02 bits per heavy atom. The molecule has 1 spiro atoms. The van der Waals surface area contributed by atoms with E-state index in [-0.39, 0.29) is 49.6 Å². The lowest BCUT2D eigenvalue weighted by Gasteiger charge is -2.35. The maximum atomic E-state index is 14.8. The molecular formula is C40H50ClN5O8. The van der Waals surface area contributed by atoms with Crippen molar-refractivity contribution in [2.75, 3.05) is 20.8 Å². The summed E-state index contributed by atoms with van der Waals surface area (Å²) in [5.41, 5.74) is 0.272. The Labute approximate surface area is 320 Å². The van der Waals surface area contributed by atoms with E-state index in [4.69, 9.17) is 25.9 Å². The number of benzene rings is 2. The molecule has 14 heteroatoms. The van der Waals surface area contributed by atoms with Crippen LogP contribution in [0.2, 0.25) is 5.02 Å². The van der Waals surface area contributed by atoms with Gasteiger partial charge in [-0.05, 0) is 48.6 Å². The van der Waals surface area contributed by atoms with Crippen LogP contribution in [-0.4, -0.2) is 90.6 Å². The van der Waals surface area contributed by atoms with Crippen molar-refractivity contribution in [3.05, 3.63) is 58.6 Å². The molecule has 2 aromatic rings. The van der Waals surface area contributed by atoms with Gasteiger partial charge < -0.3 is 35.2 Å². The smallest absolute Gasteiger partial charge is 0.289 e. The van der Waals surface area contributed by atoms with E-state index in [0.29, 0.717) is 40.6 Å². The number of Topliss-reactive ketones (excluding diaryl/α,β-unsaturated/α-hetero) is 1. The van der Waals surface area contributed by atoms with Crippen molar-refractivity contribution >= 4 is 46.7 Å². The Hall–Kier alpha value is -4.65. The van der Waals surface area contributed by atoms with Crippen LogP contribution in [0.25, 0.3) is 0 Å². The normalized spacial score (nSPS) is 24.2.